The number of rotatable bonds is 11. The zero-order valence-corrected chi connectivity index (χ0v) is 29.0. The lowest BCUT2D eigenvalue weighted by molar-refractivity contribution is 0.155. The van der Waals surface area contributed by atoms with Crippen LogP contribution in [0.25, 0.3) is 22.2 Å². The molecule has 12 heteroatoms. The first kappa shape index (κ1) is 33.9. The van der Waals surface area contributed by atoms with E-state index in [4.69, 9.17) is 9.72 Å². The molecule has 51 heavy (non-hydrogen) atoms. The predicted molar refractivity (Wildman–Crippen MR) is 198 cm³/mol. The Morgan fingerprint density at radius 2 is 1.63 bits per heavy atom. The minimum atomic E-state index is -3.82. The van der Waals surface area contributed by atoms with Crippen LogP contribution in [0.3, 0.4) is 0 Å². The Morgan fingerprint density at radius 1 is 0.882 bits per heavy atom. The van der Waals surface area contributed by atoms with Gasteiger partial charge in [-0.25, -0.2) is 27.2 Å². The van der Waals surface area contributed by atoms with Gasteiger partial charge in [-0.3, -0.25) is 10.3 Å². The first-order valence-corrected chi connectivity index (χ1v) is 18.4. The lowest BCUT2D eigenvalue weighted by atomic mass is 9.91. The quantitative estimate of drug-likeness (QED) is 0.127. The summed E-state index contributed by atoms with van der Waals surface area (Å²) < 4.78 is 34.0. The van der Waals surface area contributed by atoms with Gasteiger partial charge in [-0.2, -0.15) is 0 Å². The highest BCUT2D eigenvalue weighted by molar-refractivity contribution is 7.90. The number of hydrogen-bond acceptors (Lipinski definition) is 9. The summed E-state index contributed by atoms with van der Waals surface area (Å²) in [6, 6.07) is 29.6. The van der Waals surface area contributed by atoms with Gasteiger partial charge in [-0.15, -0.1) is 0 Å². The van der Waals surface area contributed by atoms with Crippen molar-refractivity contribution in [1.82, 2.24) is 24.2 Å². The number of para-hydroxylation sites is 1. The van der Waals surface area contributed by atoms with E-state index in [1.807, 2.05) is 73.7 Å². The Hall–Kier alpha value is -5.59. The molecule has 260 valence electrons. The van der Waals surface area contributed by atoms with E-state index in [0.717, 1.165) is 53.5 Å². The maximum Gasteiger partial charge on any atom is 0.412 e. The van der Waals surface area contributed by atoms with Crippen LogP contribution < -0.4 is 16.0 Å². The van der Waals surface area contributed by atoms with E-state index in [0.29, 0.717) is 29.4 Å². The summed E-state index contributed by atoms with van der Waals surface area (Å²) >= 11 is 0. The fourth-order valence-corrected chi connectivity index (χ4v) is 7.84. The molecule has 1 amide bonds. The van der Waals surface area contributed by atoms with Gasteiger partial charge in [-0.1, -0.05) is 66.7 Å². The second kappa shape index (κ2) is 15.1. The van der Waals surface area contributed by atoms with Crippen molar-refractivity contribution in [3.8, 4) is 11.3 Å². The van der Waals surface area contributed by atoms with Crippen molar-refractivity contribution >= 4 is 38.7 Å². The van der Waals surface area contributed by atoms with Crippen molar-refractivity contribution in [2.24, 2.45) is 0 Å². The van der Waals surface area contributed by atoms with E-state index in [9.17, 15) is 13.2 Å². The van der Waals surface area contributed by atoms with E-state index in [-0.39, 0.29) is 23.6 Å². The summed E-state index contributed by atoms with van der Waals surface area (Å²) in [5.74, 6) is 0.510. The third-order valence-corrected chi connectivity index (χ3v) is 10.8. The number of amides is 1. The van der Waals surface area contributed by atoms with Crippen molar-refractivity contribution in [1.29, 1.82) is 0 Å². The average molecular weight is 702 g/mol. The molecule has 1 fully saturated rings. The number of nitrogens with one attached hydrogen (secondary N) is 3. The molecular formula is C39H39N7O4S. The number of benzene rings is 3. The monoisotopic (exact) mass is 701 g/mol. The largest absolute Gasteiger partial charge is 0.444 e. The van der Waals surface area contributed by atoms with E-state index in [1.165, 1.54) is 3.97 Å². The molecule has 3 heterocycles. The number of ether oxygens (including phenoxy) is 1. The molecule has 1 aliphatic carbocycles. The van der Waals surface area contributed by atoms with E-state index >= 15 is 0 Å². The Kier molecular flexibility index (Phi) is 10.0. The molecular weight excluding hydrogens is 663 g/mol. The zero-order chi connectivity index (χ0) is 35.2. The number of nitrogens with zero attached hydrogens (tertiary/aromatic N) is 4. The third-order valence-electron chi connectivity index (χ3n) is 9.07. The minimum Gasteiger partial charge on any atom is -0.444 e. The van der Waals surface area contributed by atoms with Gasteiger partial charge >= 0.3 is 6.09 Å². The van der Waals surface area contributed by atoms with Crippen molar-refractivity contribution in [3.63, 3.8) is 0 Å². The summed E-state index contributed by atoms with van der Waals surface area (Å²) in [6.45, 7) is 2.73. The SMILES string of the molecule is Cc1cnc(N[C@@H]2CCC[C@H](NCc3ccc(NC(=O)OCc4ccccc4)cn3)C2)nc1-c1cn(S(=O)(=O)c2ccccc2)c2ccccc12. The topological polar surface area (TPSA) is 140 Å². The standard InChI is InChI=1S/C39H39N7O4S/c1-27-22-42-38(45-37(27)35-25-46(36-18-9-8-17-34(35)36)51(48,49)33-15-6-3-7-16-33)43-30-14-10-13-29(21-30)40-23-31-19-20-32(24-41-31)44-39(47)50-26-28-11-4-2-5-12-28/h2-9,11-12,15-20,22,24-25,29-30,40H,10,13-14,21,23,26H2,1H3,(H,44,47)(H,42,43,45)/t29-,30+/m0/s1. The van der Waals surface area contributed by atoms with Crippen LogP contribution in [0, 0.1) is 6.92 Å². The Bertz CT molecular complexity index is 2230. The maximum absolute atomic E-state index is 13.7. The zero-order valence-electron chi connectivity index (χ0n) is 28.2. The number of aryl methyl sites for hydroxylation is 1. The second-order valence-electron chi connectivity index (χ2n) is 12.7. The molecule has 1 aliphatic rings. The number of hydrogen-bond donors (Lipinski definition) is 3. The van der Waals surface area contributed by atoms with E-state index in [2.05, 4.69) is 25.9 Å². The van der Waals surface area contributed by atoms with Gasteiger partial charge in [0.15, 0.2) is 0 Å². The normalized spacial score (nSPS) is 16.1. The number of aromatic nitrogens is 4. The van der Waals surface area contributed by atoms with Crippen molar-refractivity contribution in [2.75, 3.05) is 10.6 Å². The summed E-state index contributed by atoms with van der Waals surface area (Å²) in [5.41, 5.74) is 5.21. The number of carbonyl (C=O) groups is 1. The molecule has 0 bridgehead atoms. The molecule has 0 spiro atoms. The number of carbonyl (C=O) groups excluding carboxylic acids is 1. The van der Waals surface area contributed by atoms with Crippen LogP contribution in [0.1, 0.15) is 42.5 Å². The fraction of sp³-hybridized carbons (Fsp3) is 0.231. The van der Waals surface area contributed by atoms with E-state index in [1.54, 1.807) is 48.9 Å². The van der Waals surface area contributed by atoms with Crippen LogP contribution in [0.5, 0.6) is 0 Å². The van der Waals surface area contributed by atoms with Crippen LogP contribution in [0.4, 0.5) is 16.4 Å². The Labute approximate surface area is 297 Å². The Morgan fingerprint density at radius 3 is 2.41 bits per heavy atom. The van der Waals surface area contributed by atoms with Gasteiger partial charge in [0, 0.05) is 42.0 Å². The summed E-state index contributed by atoms with van der Waals surface area (Å²) in [4.78, 5) is 26.5. The van der Waals surface area contributed by atoms with Gasteiger partial charge in [0.25, 0.3) is 10.0 Å². The second-order valence-corrected chi connectivity index (χ2v) is 14.5. The lowest BCUT2D eigenvalue weighted by Gasteiger charge is -2.30. The Balaban J connectivity index is 0.980. The molecule has 6 aromatic rings. The number of anilines is 2. The van der Waals surface area contributed by atoms with Crippen molar-refractivity contribution in [2.45, 2.75) is 62.7 Å². The van der Waals surface area contributed by atoms with Crippen LogP contribution in [-0.4, -0.2) is 45.5 Å². The summed E-state index contributed by atoms with van der Waals surface area (Å²) in [6.07, 6.45) is 8.51. The van der Waals surface area contributed by atoms with Crippen LogP contribution in [0.2, 0.25) is 0 Å². The summed E-state index contributed by atoms with van der Waals surface area (Å²) in [5, 5.41) is 10.7. The third kappa shape index (κ3) is 7.92. The number of pyridine rings is 1. The van der Waals surface area contributed by atoms with Gasteiger partial charge in [-0.05, 0) is 74.1 Å². The molecule has 0 saturated heterocycles. The van der Waals surface area contributed by atoms with Crippen molar-refractivity contribution in [3.05, 3.63) is 132 Å². The average Bonchev–Trinajstić information content (AvgIpc) is 3.56. The van der Waals surface area contributed by atoms with Crippen LogP contribution in [0.15, 0.2) is 121 Å². The van der Waals surface area contributed by atoms with Gasteiger partial charge < -0.3 is 15.4 Å². The molecule has 1 saturated carbocycles. The molecule has 7 rings (SSSR count). The van der Waals surface area contributed by atoms with Crippen LogP contribution >= 0.6 is 0 Å². The van der Waals surface area contributed by atoms with E-state index < -0.39 is 16.1 Å². The molecule has 2 atom stereocenters. The predicted octanol–water partition coefficient (Wildman–Crippen LogP) is 7.30. The fourth-order valence-electron chi connectivity index (χ4n) is 6.45. The highest BCUT2D eigenvalue weighted by atomic mass is 32.2. The van der Waals surface area contributed by atoms with Gasteiger partial charge in [0.2, 0.25) is 5.95 Å². The molecule has 0 aliphatic heterocycles. The molecule has 0 radical (unpaired) electrons. The molecule has 3 N–H and O–H groups in total. The maximum atomic E-state index is 13.7. The molecule has 0 unspecified atom stereocenters. The highest BCUT2D eigenvalue weighted by Gasteiger charge is 2.25. The highest BCUT2D eigenvalue weighted by Crippen LogP contribution is 2.34. The first-order valence-electron chi connectivity index (χ1n) is 17.0. The smallest absolute Gasteiger partial charge is 0.412 e. The molecule has 11 nitrogen and oxygen atoms in total. The minimum absolute atomic E-state index is 0.160. The van der Waals surface area contributed by atoms with Crippen LogP contribution in [-0.2, 0) is 27.9 Å². The summed E-state index contributed by atoms with van der Waals surface area (Å²) in [7, 11) is -3.82. The number of fused-ring (bicyclic) bond motifs is 1. The van der Waals surface area contributed by atoms with Gasteiger partial charge in [0.1, 0.15) is 6.61 Å². The first-order chi connectivity index (χ1) is 24.8. The van der Waals surface area contributed by atoms with Crippen molar-refractivity contribution < 1.29 is 17.9 Å². The molecule has 3 aromatic carbocycles. The van der Waals surface area contributed by atoms with Gasteiger partial charge in [0.05, 0.1) is 33.7 Å². The lowest BCUT2D eigenvalue weighted by Crippen LogP contribution is -2.39. The molecule has 3 aromatic heterocycles.